The van der Waals surface area contributed by atoms with Gasteiger partial charge in [-0.25, -0.2) is 4.39 Å². The Hall–Kier alpha value is -2.28. The standard InChI is InChI=1S/C15H18FN3O3/c1-9(2)14(21)18-12(7-16)13(20)10-3-5-11(6-4-10)15-19-17-8-22-15/h3-6,8-9,12-13,20H,7H2,1-2H3,(H,18,21). The molecule has 2 rings (SSSR count). The van der Waals surface area contributed by atoms with Crippen LogP contribution in [0.15, 0.2) is 35.1 Å². The summed E-state index contributed by atoms with van der Waals surface area (Å²) < 4.78 is 18.2. The van der Waals surface area contributed by atoms with Gasteiger partial charge >= 0.3 is 0 Å². The van der Waals surface area contributed by atoms with Crippen molar-refractivity contribution in [1.82, 2.24) is 15.5 Å². The Labute approximate surface area is 127 Å². The van der Waals surface area contributed by atoms with Gasteiger partial charge in [-0.15, -0.1) is 10.2 Å². The monoisotopic (exact) mass is 307 g/mol. The molecule has 1 aromatic carbocycles. The predicted octanol–water partition coefficient (Wildman–Crippen LogP) is 1.88. The van der Waals surface area contributed by atoms with Crippen molar-refractivity contribution in [3.63, 3.8) is 0 Å². The van der Waals surface area contributed by atoms with E-state index in [0.29, 0.717) is 17.0 Å². The van der Waals surface area contributed by atoms with E-state index in [4.69, 9.17) is 4.42 Å². The van der Waals surface area contributed by atoms with E-state index < -0.39 is 18.8 Å². The number of aromatic nitrogens is 2. The van der Waals surface area contributed by atoms with Crippen LogP contribution in [-0.2, 0) is 4.79 Å². The number of hydrogen-bond donors (Lipinski definition) is 2. The third-order valence-electron chi connectivity index (χ3n) is 3.26. The van der Waals surface area contributed by atoms with E-state index in [2.05, 4.69) is 15.5 Å². The van der Waals surface area contributed by atoms with Crippen molar-refractivity contribution in [3.8, 4) is 11.5 Å². The number of hydrogen-bond acceptors (Lipinski definition) is 5. The van der Waals surface area contributed by atoms with Crippen LogP contribution < -0.4 is 5.32 Å². The fraction of sp³-hybridized carbons (Fsp3) is 0.400. The molecular weight excluding hydrogens is 289 g/mol. The summed E-state index contributed by atoms with van der Waals surface area (Å²) in [7, 11) is 0. The minimum Gasteiger partial charge on any atom is -0.423 e. The Morgan fingerprint density at radius 1 is 1.36 bits per heavy atom. The number of nitrogens with zero attached hydrogens (tertiary/aromatic N) is 2. The first-order valence-electron chi connectivity index (χ1n) is 6.93. The fourth-order valence-electron chi connectivity index (χ4n) is 1.91. The number of amides is 1. The van der Waals surface area contributed by atoms with Crippen LogP contribution in [0.25, 0.3) is 11.5 Å². The lowest BCUT2D eigenvalue weighted by molar-refractivity contribution is -0.125. The second kappa shape index (κ2) is 7.13. The molecule has 118 valence electrons. The first-order valence-corrected chi connectivity index (χ1v) is 6.93. The van der Waals surface area contributed by atoms with Crippen LogP contribution in [0.1, 0.15) is 25.5 Å². The topological polar surface area (TPSA) is 88.2 Å². The number of aliphatic hydroxyl groups excluding tert-OH is 1. The average molecular weight is 307 g/mol. The molecule has 0 aliphatic heterocycles. The SMILES string of the molecule is CC(C)C(=O)NC(CF)C(O)c1ccc(-c2nnco2)cc1. The van der Waals surface area contributed by atoms with Gasteiger partial charge in [0.1, 0.15) is 12.8 Å². The van der Waals surface area contributed by atoms with Crippen LogP contribution in [-0.4, -0.2) is 33.9 Å². The van der Waals surface area contributed by atoms with Crippen molar-refractivity contribution in [2.75, 3.05) is 6.67 Å². The second-order valence-corrected chi connectivity index (χ2v) is 5.23. The highest BCUT2D eigenvalue weighted by Gasteiger charge is 2.24. The van der Waals surface area contributed by atoms with E-state index in [9.17, 15) is 14.3 Å². The number of carbonyl (C=O) groups excluding carboxylic acids is 1. The van der Waals surface area contributed by atoms with Gasteiger partial charge in [0, 0.05) is 11.5 Å². The molecule has 6 nitrogen and oxygen atoms in total. The molecule has 0 saturated heterocycles. The maximum absolute atomic E-state index is 13.1. The molecule has 2 N–H and O–H groups in total. The summed E-state index contributed by atoms with van der Waals surface area (Å²) >= 11 is 0. The first kappa shape index (κ1) is 16.1. The van der Waals surface area contributed by atoms with Gasteiger partial charge in [-0.05, 0) is 17.7 Å². The van der Waals surface area contributed by atoms with Crippen LogP contribution in [0.2, 0.25) is 0 Å². The Kier molecular flexibility index (Phi) is 5.21. The van der Waals surface area contributed by atoms with Gasteiger partial charge in [-0.3, -0.25) is 4.79 Å². The zero-order valence-corrected chi connectivity index (χ0v) is 12.4. The van der Waals surface area contributed by atoms with Gasteiger partial charge in [-0.1, -0.05) is 26.0 Å². The van der Waals surface area contributed by atoms with Gasteiger partial charge in [0.2, 0.25) is 18.2 Å². The maximum Gasteiger partial charge on any atom is 0.247 e. The summed E-state index contributed by atoms with van der Waals surface area (Å²) in [5.74, 6) is -0.221. The summed E-state index contributed by atoms with van der Waals surface area (Å²) in [6, 6.07) is 5.66. The zero-order chi connectivity index (χ0) is 16.1. The molecule has 1 amide bonds. The van der Waals surface area contributed by atoms with E-state index in [-0.39, 0.29) is 11.8 Å². The third-order valence-corrected chi connectivity index (χ3v) is 3.26. The molecule has 0 aliphatic rings. The second-order valence-electron chi connectivity index (χ2n) is 5.23. The number of benzene rings is 1. The molecule has 7 heteroatoms. The summed E-state index contributed by atoms with van der Waals surface area (Å²) in [4.78, 5) is 11.6. The van der Waals surface area contributed by atoms with Gasteiger partial charge in [0.05, 0.1) is 6.04 Å². The molecule has 0 spiro atoms. The molecule has 1 aromatic heterocycles. The van der Waals surface area contributed by atoms with Crippen molar-refractivity contribution in [1.29, 1.82) is 0 Å². The average Bonchev–Trinajstić information content (AvgIpc) is 3.06. The van der Waals surface area contributed by atoms with Crippen LogP contribution in [0.5, 0.6) is 0 Å². The van der Waals surface area contributed by atoms with Crippen LogP contribution in [0, 0.1) is 5.92 Å². The van der Waals surface area contributed by atoms with Crippen molar-refractivity contribution < 1.29 is 18.7 Å². The Balaban J connectivity index is 2.10. The highest BCUT2D eigenvalue weighted by Crippen LogP contribution is 2.22. The molecule has 22 heavy (non-hydrogen) atoms. The minimum atomic E-state index is -1.13. The molecule has 0 saturated carbocycles. The van der Waals surface area contributed by atoms with E-state index in [0.717, 1.165) is 0 Å². The van der Waals surface area contributed by atoms with E-state index in [1.165, 1.54) is 6.39 Å². The lowest BCUT2D eigenvalue weighted by Gasteiger charge is -2.23. The molecule has 0 bridgehead atoms. The van der Waals surface area contributed by atoms with E-state index in [1.54, 1.807) is 38.1 Å². The van der Waals surface area contributed by atoms with Crippen LogP contribution in [0.4, 0.5) is 4.39 Å². The highest BCUT2D eigenvalue weighted by molar-refractivity contribution is 5.78. The van der Waals surface area contributed by atoms with Gasteiger partial charge in [0.15, 0.2) is 0 Å². The lowest BCUT2D eigenvalue weighted by Crippen LogP contribution is -2.42. The molecule has 0 radical (unpaired) electrons. The molecule has 2 atom stereocenters. The maximum atomic E-state index is 13.1. The lowest BCUT2D eigenvalue weighted by atomic mass is 10.0. The van der Waals surface area contributed by atoms with Crippen molar-refractivity contribution in [2.45, 2.75) is 26.0 Å². The predicted molar refractivity (Wildman–Crippen MR) is 77.4 cm³/mol. The molecule has 2 unspecified atom stereocenters. The zero-order valence-electron chi connectivity index (χ0n) is 12.4. The molecule has 1 heterocycles. The highest BCUT2D eigenvalue weighted by atomic mass is 19.1. The molecule has 2 aromatic rings. The van der Waals surface area contributed by atoms with Gasteiger partial charge in [-0.2, -0.15) is 0 Å². The number of rotatable bonds is 6. The number of alkyl halides is 1. The number of aliphatic hydroxyl groups is 1. The smallest absolute Gasteiger partial charge is 0.247 e. The fourth-order valence-corrected chi connectivity index (χ4v) is 1.91. The van der Waals surface area contributed by atoms with Crippen molar-refractivity contribution >= 4 is 5.91 Å². The molecule has 0 aliphatic carbocycles. The summed E-state index contributed by atoms with van der Waals surface area (Å²) in [6.07, 6.45) is 0.0861. The Morgan fingerprint density at radius 3 is 2.55 bits per heavy atom. The van der Waals surface area contributed by atoms with Gasteiger partial charge in [0.25, 0.3) is 0 Å². The summed E-state index contributed by atoms with van der Waals surface area (Å²) in [5, 5.41) is 20.1. The Bertz CT molecular complexity index is 599. The van der Waals surface area contributed by atoms with Gasteiger partial charge < -0.3 is 14.8 Å². The normalized spacial score (nSPS) is 13.9. The first-order chi connectivity index (χ1) is 10.5. The summed E-state index contributed by atoms with van der Waals surface area (Å²) in [5.41, 5.74) is 1.19. The van der Waals surface area contributed by atoms with Crippen LogP contribution >= 0.6 is 0 Å². The van der Waals surface area contributed by atoms with Crippen molar-refractivity contribution in [2.24, 2.45) is 5.92 Å². The minimum absolute atomic E-state index is 0.277. The molecule has 0 fully saturated rings. The largest absolute Gasteiger partial charge is 0.423 e. The van der Waals surface area contributed by atoms with E-state index >= 15 is 0 Å². The number of nitrogens with one attached hydrogen (secondary N) is 1. The molecular formula is C15H18FN3O3. The summed E-state index contributed by atoms with van der Waals surface area (Å²) in [6.45, 7) is 2.55. The Morgan fingerprint density at radius 2 is 2.05 bits per heavy atom. The van der Waals surface area contributed by atoms with E-state index in [1.807, 2.05) is 0 Å². The quantitative estimate of drug-likeness (QED) is 0.850. The van der Waals surface area contributed by atoms with Crippen LogP contribution in [0.3, 0.4) is 0 Å². The third kappa shape index (κ3) is 3.67. The number of carbonyl (C=O) groups is 1. The number of halogens is 1. The van der Waals surface area contributed by atoms with Crippen molar-refractivity contribution in [3.05, 3.63) is 36.2 Å².